The van der Waals surface area contributed by atoms with Gasteiger partial charge in [-0.2, -0.15) is 5.10 Å². The van der Waals surface area contributed by atoms with Gasteiger partial charge in [-0.25, -0.2) is 0 Å². The van der Waals surface area contributed by atoms with Crippen molar-refractivity contribution in [2.45, 2.75) is 32.7 Å². The maximum absolute atomic E-state index is 4.42. The van der Waals surface area contributed by atoms with E-state index in [2.05, 4.69) is 37.4 Å². The number of hydrogen-bond donors (Lipinski definition) is 1. The third kappa shape index (κ3) is 2.31. The van der Waals surface area contributed by atoms with Crippen molar-refractivity contribution in [2.24, 2.45) is 7.05 Å². The van der Waals surface area contributed by atoms with E-state index in [1.807, 2.05) is 18.8 Å². The molecule has 1 rings (SSSR count). The molecular formula is C10H19N3. The highest BCUT2D eigenvalue weighted by molar-refractivity contribution is 5.25. The largest absolute Gasteiger partial charge is 0.314 e. The van der Waals surface area contributed by atoms with E-state index >= 15 is 0 Å². The first-order valence-electron chi connectivity index (χ1n) is 4.62. The summed E-state index contributed by atoms with van der Waals surface area (Å²) in [6, 6.07) is 0. The van der Waals surface area contributed by atoms with E-state index in [1.54, 1.807) is 0 Å². The first kappa shape index (κ1) is 10.3. The van der Waals surface area contributed by atoms with Crippen LogP contribution in [0.5, 0.6) is 0 Å². The Bertz CT molecular complexity index is 281. The van der Waals surface area contributed by atoms with Gasteiger partial charge in [0.15, 0.2) is 0 Å². The molecule has 0 unspecified atom stereocenters. The molecule has 0 amide bonds. The van der Waals surface area contributed by atoms with Crippen molar-refractivity contribution in [3.63, 3.8) is 0 Å². The summed E-state index contributed by atoms with van der Waals surface area (Å²) in [5.41, 5.74) is 2.65. The zero-order valence-corrected chi connectivity index (χ0v) is 9.18. The number of rotatable bonds is 2. The molecule has 0 atom stereocenters. The fourth-order valence-electron chi connectivity index (χ4n) is 1.46. The Kier molecular flexibility index (Phi) is 2.76. The first-order chi connectivity index (χ1) is 5.95. The standard InChI is InChI=1S/C10H19N3/c1-10(2,3)8-7-13(5)12-9(8)6-11-4/h7,11H,6H2,1-5H3. The van der Waals surface area contributed by atoms with Crippen molar-refractivity contribution in [2.75, 3.05) is 7.05 Å². The van der Waals surface area contributed by atoms with Gasteiger partial charge in [0.05, 0.1) is 5.69 Å². The zero-order chi connectivity index (χ0) is 10.1. The monoisotopic (exact) mass is 181 g/mol. The summed E-state index contributed by atoms with van der Waals surface area (Å²) in [6.07, 6.45) is 2.10. The second kappa shape index (κ2) is 3.50. The van der Waals surface area contributed by atoms with Gasteiger partial charge in [-0.15, -0.1) is 0 Å². The minimum Gasteiger partial charge on any atom is -0.314 e. The molecule has 0 saturated heterocycles. The molecule has 0 aliphatic carbocycles. The molecular weight excluding hydrogens is 162 g/mol. The van der Waals surface area contributed by atoms with E-state index in [1.165, 1.54) is 5.56 Å². The van der Waals surface area contributed by atoms with Gasteiger partial charge in [0.1, 0.15) is 0 Å². The maximum Gasteiger partial charge on any atom is 0.0799 e. The Morgan fingerprint density at radius 3 is 2.54 bits per heavy atom. The molecule has 0 aliphatic heterocycles. The maximum atomic E-state index is 4.42. The number of hydrogen-bond acceptors (Lipinski definition) is 2. The average Bonchev–Trinajstić information content (AvgIpc) is 2.30. The van der Waals surface area contributed by atoms with Gasteiger partial charge in [0.2, 0.25) is 0 Å². The summed E-state index contributed by atoms with van der Waals surface area (Å²) >= 11 is 0. The summed E-state index contributed by atoms with van der Waals surface area (Å²) in [7, 11) is 3.91. The van der Waals surface area contributed by atoms with Crippen molar-refractivity contribution in [1.82, 2.24) is 15.1 Å². The van der Waals surface area contributed by atoms with Crippen LogP contribution < -0.4 is 5.32 Å². The number of aryl methyl sites for hydroxylation is 1. The highest BCUT2D eigenvalue weighted by Crippen LogP contribution is 2.24. The molecule has 0 saturated carbocycles. The fraction of sp³-hybridized carbons (Fsp3) is 0.700. The Hall–Kier alpha value is -0.830. The van der Waals surface area contributed by atoms with E-state index in [0.29, 0.717) is 0 Å². The normalized spacial score (nSPS) is 12.1. The van der Waals surface area contributed by atoms with Gasteiger partial charge in [0, 0.05) is 19.8 Å². The van der Waals surface area contributed by atoms with Gasteiger partial charge in [-0.05, 0) is 18.0 Å². The second-order valence-electron chi connectivity index (χ2n) is 4.44. The Labute approximate surface area is 80.1 Å². The van der Waals surface area contributed by atoms with Crippen molar-refractivity contribution in [3.05, 3.63) is 17.5 Å². The predicted octanol–water partition coefficient (Wildman–Crippen LogP) is 1.44. The van der Waals surface area contributed by atoms with Crippen LogP contribution in [-0.4, -0.2) is 16.8 Å². The van der Waals surface area contributed by atoms with E-state index in [4.69, 9.17) is 0 Å². The molecule has 1 heterocycles. The van der Waals surface area contributed by atoms with Crippen LogP contribution >= 0.6 is 0 Å². The minimum absolute atomic E-state index is 0.181. The molecule has 0 aromatic carbocycles. The van der Waals surface area contributed by atoms with E-state index in [9.17, 15) is 0 Å². The Morgan fingerprint density at radius 1 is 1.46 bits per heavy atom. The highest BCUT2D eigenvalue weighted by atomic mass is 15.3. The lowest BCUT2D eigenvalue weighted by molar-refractivity contribution is 0.578. The molecule has 0 spiro atoms. The molecule has 0 bridgehead atoms. The number of aromatic nitrogens is 2. The van der Waals surface area contributed by atoms with Crippen LogP contribution in [0.15, 0.2) is 6.20 Å². The van der Waals surface area contributed by atoms with Crippen LogP contribution in [0.4, 0.5) is 0 Å². The van der Waals surface area contributed by atoms with Crippen LogP contribution in [0, 0.1) is 0 Å². The van der Waals surface area contributed by atoms with Gasteiger partial charge in [-0.1, -0.05) is 20.8 Å². The van der Waals surface area contributed by atoms with Crippen LogP contribution in [0.2, 0.25) is 0 Å². The highest BCUT2D eigenvalue weighted by Gasteiger charge is 2.20. The van der Waals surface area contributed by atoms with Gasteiger partial charge in [0.25, 0.3) is 0 Å². The average molecular weight is 181 g/mol. The van der Waals surface area contributed by atoms with Crippen molar-refractivity contribution in [1.29, 1.82) is 0 Å². The zero-order valence-electron chi connectivity index (χ0n) is 9.18. The van der Waals surface area contributed by atoms with E-state index in [-0.39, 0.29) is 5.41 Å². The van der Waals surface area contributed by atoms with Crippen LogP contribution in [0.1, 0.15) is 32.0 Å². The van der Waals surface area contributed by atoms with Crippen molar-refractivity contribution >= 4 is 0 Å². The molecule has 0 fully saturated rings. The van der Waals surface area contributed by atoms with Crippen molar-refractivity contribution < 1.29 is 0 Å². The van der Waals surface area contributed by atoms with Crippen LogP contribution in [0.25, 0.3) is 0 Å². The molecule has 13 heavy (non-hydrogen) atoms. The van der Waals surface area contributed by atoms with Gasteiger partial charge in [-0.3, -0.25) is 4.68 Å². The second-order valence-corrected chi connectivity index (χ2v) is 4.44. The topological polar surface area (TPSA) is 29.9 Å². The molecule has 3 nitrogen and oxygen atoms in total. The molecule has 1 aromatic heterocycles. The molecule has 0 aliphatic rings. The van der Waals surface area contributed by atoms with E-state index in [0.717, 1.165) is 12.2 Å². The summed E-state index contributed by atoms with van der Waals surface area (Å²) in [4.78, 5) is 0. The summed E-state index contributed by atoms with van der Waals surface area (Å²) in [5.74, 6) is 0. The molecule has 0 radical (unpaired) electrons. The summed E-state index contributed by atoms with van der Waals surface area (Å²) < 4.78 is 1.88. The SMILES string of the molecule is CNCc1nn(C)cc1C(C)(C)C. The van der Waals surface area contributed by atoms with Gasteiger partial charge >= 0.3 is 0 Å². The van der Waals surface area contributed by atoms with Crippen LogP contribution in [-0.2, 0) is 19.0 Å². The first-order valence-corrected chi connectivity index (χ1v) is 4.62. The number of nitrogens with zero attached hydrogens (tertiary/aromatic N) is 2. The summed E-state index contributed by atoms with van der Waals surface area (Å²) in [5, 5.41) is 7.55. The molecule has 1 aromatic rings. The Morgan fingerprint density at radius 2 is 2.08 bits per heavy atom. The minimum atomic E-state index is 0.181. The van der Waals surface area contributed by atoms with Gasteiger partial charge < -0.3 is 5.32 Å². The Balaban J connectivity index is 3.04. The smallest absolute Gasteiger partial charge is 0.0799 e. The van der Waals surface area contributed by atoms with E-state index < -0.39 is 0 Å². The fourth-order valence-corrected chi connectivity index (χ4v) is 1.46. The molecule has 74 valence electrons. The predicted molar refractivity (Wildman–Crippen MR) is 54.7 cm³/mol. The molecule has 1 N–H and O–H groups in total. The summed E-state index contributed by atoms with van der Waals surface area (Å²) in [6.45, 7) is 7.48. The lowest BCUT2D eigenvalue weighted by Gasteiger charge is -2.17. The molecule has 3 heteroatoms. The third-order valence-electron chi connectivity index (χ3n) is 2.06. The number of nitrogens with one attached hydrogen (secondary N) is 1. The third-order valence-corrected chi connectivity index (χ3v) is 2.06. The van der Waals surface area contributed by atoms with Crippen molar-refractivity contribution in [3.8, 4) is 0 Å². The van der Waals surface area contributed by atoms with Crippen LogP contribution in [0.3, 0.4) is 0 Å². The lowest BCUT2D eigenvalue weighted by atomic mass is 9.87. The quantitative estimate of drug-likeness (QED) is 0.748. The lowest BCUT2D eigenvalue weighted by Crippen LogP contribution is -2.16.